The first-order valence-electron chi connectivity index (χ1n) is 9.20. The van der Waals surface area contributed by atoms with Gasteiger partial charge in [0.15, 0.2) is 11.6 Å². The second-order valence-corrected chi connectivity index (χ2v) is 7.29. The first-order valence-corrected chi connectivity index (χ1v) is 9.20. The molecular formula is C19H24F3N3. The molecule has 1 aromatic carbocycles. The molecule has 4 rings (SSSR count). The van der Waals surface area contributed by atoms with Crippen molar-refractivity contribution in [3.05, 3.63) is 46.5 Å². The third kappa shape index (κ3) is 3.24. The summed E-state index contributed by atoms with van der Waals surface area (Å²) in [6.07, 6.45) is 5.22. The Hall–Kier alpha value is -1.69. The van der Waals surface area contributed by atoms with E-state index in [1.807, 2.05) is 0 Å². The van der Waals surface area contributed by atoms with Crippen LogP contribution in [0.3, 0.4) is 0 Å². The van der Waals surface area contributed by atoms with Crippen LogP contribution in [-0.4, -0.2) is 42.6 Å². The summed E-state index contributed by atoms with van der Waals surface area (Å²) in [6, 6.07) is 1.88. The fraction of sp³-hybridized carbons (Fsp3) is 0.579. The molecule has 1 aromatic rings. The van der Waals surface area contributed by atoms with Gasteiger partial charge in [0.05, 0.1) is 6.67 Å². The molecule has 136 valence electrons. The van der Waals surface area contributed by atoms with Crippen LogP contribution < -0.4 is 5.32 Å². The average molecular weight is 351 g/mol. The number of rotatable bonds is 5. The number of benzene rings is 1. The molecule has 0 saturated carbocycles. The summed E-state index contributed by atoms with van der Waals surface area (Å²) in [7, 11) is 0. The highest BCUT2D eigenvalue weighted by Crippen LogP contribution is 2.40. The molecule has 0 radical (unpaired) electrons. The molecule has 1 atom stereocenters. The van der Waals surface area contributed by atoms with Crippen molar-refractivity contribution in [1.29, 1.82) is 0 Å². The molecule has 3 heterocycles. The van der Waals surface area contributed by atoms with Crippen LogP contribution in [0, 0.1) is 17.5 Å². The fourth-order valence-corrected chi connectivity index (χ4v) is 4.40. The van der Waals surface area contributed by atoms with Gasteiger partial charge in [-0.25, -0.2) is 13.2 Å². The summed E-state index contributed by atoms with van der Waals surface area (Å²) < 4.78 is 41.7. The van der Waals surface area contributed by atoms with E-state index in [1.165, 1.54) is 31.6 Å². The summed E-state index contributed by atoms with van der Waals surface area (Å²) in [5.41, 5.74) is 2.24. The van der Waals surface area contributed by atoms with Crippen molar-refractivity contribution in [2.75, 3.05) is 32.8 Å². The molecule has 0 bridgehead atoms. The molecule has 1 N–H and O–H groups in total. The maximum Gasteiger partial charge on any atom is 0.165 e. The van der Waals surface area contributed by atoms with Crippen LogP contribution in [0.4, 0.5) is 13.2 Å². The number of nitrogens with zero attached hydrogens (tertiary/aromatic N) is 2. The maximum absolute atomic E-state index is 14.1. The summed E-state index contributed by atoms with van der Waals surface area (Å²) >= 11 is 0. The van der Waals surface area contributed by atoms with Gasteiger partial charge in [-0.2, -0.15) is 0 Å². The van der Waals surface area contributed by atoms with Crippen LogP contribution >= 0.6 is 0 Å². The first-order chi connectivity index (χ1) is 12.1. The Morgan fingerprint density at radius 3 is 2.64 bits per heavy atom. The van der Waals surface area contributed by atoms with Crippen molar-refractivity contribution < 1.29 is 13.2 Å². The predicted octanol–water partition coefficient (Wildman–Crippen LogP) is 3.54. The summed E-state index contributed by atoms with van der Waals surface area (Å²) in [5, 5.41) is 3.42. The van der Waals surface area contributed by atoms with Crippen LogP contribution in [0.25, 0.3) is 0 Å². The van der Waals surface area contributed by atoms with Crippen LogP contribution in [0.2, 0.25) is 0 Å². The average Bonchev–Trinajstić information content (AvgIpc) is 3.30. The minimum Gasteiger partial charge on any atom is -0.370 e. The van der Waals surface area contributed by atoms with E-state index < -0.39 is 17.5 Å². The number of nitrogens with one attached hydrogen (secondary N) is 1. The van der Waals surface area contributed by atoms with Crippen LogP contribution in [0.1, 0.15) is 43.6 Å². The quantitative estimate of drug-likeness (QED) is 0.819. The third-order valence-corrected chi connectivity index (χ3v) is 5.68. The van der Waals surface area contributed by atoms with Gasteiger partial charge in [0, 0.05) is 29.4 Å². The molecule has 2 saturated heterocycles. The first kappa shape index (κ1) is 16.8. The Morgan fingerprint density at radius 2 is 1.84 bits per heavy atom. The number of hydrogen-bond acceptors (Lipinski definition) is 3. The Kier molecular flexibility index (Phi) is 4.63. The Bertz CT molecular complexity index is 683. The summed E-state index contributed by atoms with van der Waals surface area (Å²) in [4.78, 5) is 4.63. The van der Waals surface area contributed by atoms with Crippen molar-refractivity contribution in [1.82, 2.24) is 15.1 Å². The Morgan fingerprint density at radius 1 is 1.08 bits per heavy atom. The lowest BCUT2D eigenvalue weighted by Crippen LogP contribution is -2.24. The van der Waals surface area contributed by atoms with Crippen molar-refractivity contribution in [2.45, 2.75) is 38.0 Å². The van der Waals surface area contributed by atoms with Crippen LogP contribution in [0.15, 0.2) is 23.5 Å². The third-order valence-electron chi connectivity index (χ3n) is 5.68. The van der Waals surface area contributed by atoms with Crippen molar-refractivity contribution in [3.8, 4) is 0 Å². The molecule has 0 unspecified atom stereocenters. The smallest absolute Gasteiger partial charge is 0.165 e. The molecule has 3 aliphatic heterocycles. The summed E-state index contributed by atoms with van der Waals surface area (Å²) in [5.74, 6) is -2.97. The molecule has 0 aliphatic carbocycles. The highest BCUT2D eigenvalue weighted by Gasteiger charge is 2.36. The van der Waals surface area contributed by atoms with Gasteiger partial charge in [0.2, 0.25) is 0 Å². The van der Waals surface area contributed by atoms with Gasteiger partial charge in [-0.15, -0.1) is 0 Å². The monoisotopic (exact) mass is 351 g/mol. The van der Waals surface area contributed by atoms with Gasteiger partial charge in [0.1, 0.15) is 5.82 Å². The van der Waals surface area contributed by atoms with E-state index in [1.54, 1.807) is 0 Å². The molecule has 0 aromatic heterocycles. The van der Waals surface area contributed by atoms with Crippen molar-refractivity contribution >= 4 is 0 Å². The topological polar surface area (TPSA) is 18.5 Å². The zero-order valence-electron chi connectivity index (χ0n) is 14.3. The molecule has 0 amide bonds. The highest BCUT2D eigenvalue weighted by atomic mass is 19.2. The van der Waals surface area contributed by atoms with Gasteiger partial charge in [-0.3, -0.25) is 0 Å². The molecule has 6 heteroatoms. The van der Waals surface area contributed by atoms with Gasteiger partial charge in [-0.05, 0) is 63.9 Å². The van der Waals surface area contributed by atoms with E-state index >= 15 is 0 Å². The lowest BCUT2D eigenvalue weighted by Gasteiger charge is -2.16. The zero-order chi connectivity index (χ0) is 17.4. The predicted molar refractivity (Wildman–Crippen MR) is 90.3 cm³/mol. The molecule has 3 aliphatic rings. The molecule has 25 heavy (non-hydrogen) atoms. The van der Waals surface area contributed by atoms with Crippen molar-refractivity contribution in [3.63, 3.8) is 0 Å². The second kappa shape index (κ2) is 6.90. The summed E-state index contributed by atoms with van der Waals surface area (Å²) in [6.45, 7) is 4.73. The SMILES string of the molecule is Fc1ccc(F)c([C@H]2CC3=C(CCCN4CCCC4)NCN3C2)c1F. The second-order valence-electron chi connectivity index (χ2n) is 7.29. The van der Waals surface area contributed by atoms with Crippen LogP contribution in [0.5, 0.6) is 0 Å². The normalized spacial score (nSPS) is 23.5. The van der Waals surface area contributed by atoms with Gasteiger partial charge in [-0.1, -0.05) is 0 Å². The molecular weight excluding hydrogens is 327 g/mol. The molecule has 3 nitrogen and oxygen atoms in total. The number of hydrogen-bond donors (Lipinski definition) is 1. The maximum atomic E-state index is 14.1. The van der Waals surface area contributed by atoms with E-state index in [2.05, 4.69) is 15.1 Å². The van der Waals surface area contributed by atoms with E-state index in [4.69, 9.17) is 0 Å². The largest absolute Gasteiger partial charge is 0.370 e. The molecule has 0 spiro atoms. The number of halogens is 3. The van der Waals surface area contributed by atoms with Gasteiger partial charge < -0.3 is 15.1 Å². The lowest BCUT2D eigenvalue weighted by molar-refractivity contribution is 0.333. The number of allylic oxidation sites excluding steroid dienone is 2. The Balaban J connectivity index is 1.44. The van der Waals surface area contributed by atoms with Gasteiger partial charge >= 0.3 is 0 Å². The fourth-order valence-electron chi connectivity index (χ4n) is 4.40. The standard InChI is InChI=1S/C19H24F3N3/c20-14-5-6-15(21)19(22)18(14)13-10-17-16(23-12-25(17)11-13)4-3-9-24-7-1-2-8-24/h5-6,13,23H,1-4,7-12H2/t13-/m0/s1. The Labute approximate surface area is 146 Å². The minimum absolute atomic E-state index is 0.0988. The zero-order valence-corrected chi connectivity index (χ0v) is 14.3. The van der Waals surface area contributed by atoms with E-state index in [0.29, 0.717) is 19.6 Å². The minimum atomic E-state index is -1.03. The van der Waals surface area contributed by atoms with E-state index in [9.17, 15) is 13.2 Å². The van der Waals surface area contributed by atoms with E-state index in [-0.39, 0.29) is 11.5 Å². The van der Waals surface area contributed by atoms with Crippen LogP contribution in [-0.2, 0) is 0 Å². The van der Waals surface area contributed by atoms with Gasteiger partial charge in [0.25, 0.3) is 0 Å². The highest BCUT2D eigenvalue weighted by molar-refractivity contribution is 5.32. The van der Waals surface area contributed by atoms with Crippen molar-refractivity contribution in [2.24, 2.45) is 0 Å². The number of likely N-dealkylation sites (tertiary alicyclic amines) is 1. The lowest BCUT2D eigenvalue weighted by atomic mass is 9.95. The number of fused-ring (bicyclic) bond motifs is 1. The van der Waals surface area contributed by atoms with E-state index in [0.717, 1.165) is 37.2 Å². The molecule has 2 fully saturated rings.